The molecule has 24 heavy (non-hydrogen) atoms. The van der Waals surface area contributed by atoms with E-state index in [9.17, 15) is 9.18 Å². The van der Waals surface area contributed by atoms with Crippen molar-refractivity contribution in [3.8, 4) is 11.5 Å². The Kier molecular flexibility index (Phi) is 3.35. The second-order valence-electron chi connectivity index (χ2n) is 5.14. The Bertz CT molecular complexity index is 1000. The number of hydrogen-bond donors (Lipinski definition) is 1. The fourth-order valence-corrected chi connectivity index (χ4v) is 2.32. The molecule has 2 aromatic heterocycles. The van der Waals surface area contributed by atoms with Crippen molar-refractivity contribution in [2.75, 3.05) is 5.32 Å². The Labute approximate surface area is 135 Å². The highest BCUT2D eigenvalue weighted by atomic mass is 19.1. The van der Waals surface area contributed by atoms with Crippen molar-refractivity contribution in [3.63, 3.8) is 0 Å². The van der Waals surface area contributed by atoms with Crippen LogP contribution >= 0.6 is 0 Å². The summed E-state index contributed by atoms with van der Waals surface area (Å²) in [7, 11) is 0. The molecule has 0 spiro atoms. The topological polar surface area (TPSA) is 68.3 Å². The van der Waals surface area contributed by atoms with Crippen LogP contribution in [0, 0.1) is 5.82 Å². The summed E-state index contributed by atoms with van der Waals surface area (Å²) >= 11 is 0. The molecule has 0 fully saturated rings. The molecule has 0 aliphatic rings. The standard InChI is InChI=1S/C18H11FN2O3/c19-12-5-3-11(4-6-12)18-21-14-10-13(7-8-15(14)24-18)20-17(22)16-2-1-9-23-16/h1-10H,(H,20,22). The van der Waals surface area contributed by atoms with E-state index in [0.29, 0.717) is 28.2 Å². The second-order valence-corrected chi connectivity index (χ2v) is 5.14. The third-order valence-corrected chi connectivity index (χ3v) is 3.48. The molecule has 0 saturated heterocycles. The lowest BCUT2D eigenvalue weighted by molar-refractivity contribution is 0.0996. The molecule has 0 unspecified atom stereocenters. The molecule has 2 aromatic carbocycles. The average Bonchev–Trinajstić information content (AvgIpc) is 3.24. The number of nitrogens with one attached hydrogen (secondary N) is 1. The lowest BCUT2D eigenvalue weighted by Gasteiger charge is -2.01. The SMILES string of the molecule is O=C(Nc1ccc2oc(-c3ccc(F)cc3)nc2c1)c1ccco1. The van der Waals surface area contributed by atoms with Crippen LogP contribution < -0.4 is 5.32 Å². The first-order chi connectivity index (χ1) is 11.7. The molecule has 4 rings (SSSR count). The average molecular weight is 322 g/mol. The Morgan fingerprint density at radius 1 is 1.08 bits per heavy atom. The first kappa shape index (κ1) is 14.2. The van der Waals surface area contributed by atoms with Gasteiger partial charge in [0.05, 0.1) is 6.26 Å². The summed E-state index contributed by atoms with van der Waals surface area (Å²) in [4.78, 5) is 16.4. The number of nitrogens with zero attached hydrogens (tertiary/aromatic N) is 1. The highest BCUT2D eigenvalue weighted by Gasteiger charge is 2.12. The molecule has 0 saturated carbocycles. The van der Waals surface area contributed by atoms with Crippen molar-refractivity contribution < 1.29 is 18.0 Å². The number of aromatic nitrogens is 1. The van der Waals surface area contributed by atoms with E-state index in [-0.39, 0.29) is 17.5 Å². The number of anilines is 1. The van der Waals surface area contributed by atoms with Crippen LogP contribution in [0.3, 0.4) is 0 Å². The van der Waals surface area contributed by atoms with Crippen LogP contribution in [0.5, 0.6) is 0 Å². The van der Waals surface area contributed by atoms with Gasteiger partial charge in [0.25, 0.3) is 5.91 Å². The van der Waals surface area contributed by atoms with E-state index in [0.717, 1.165) is 0 Å². The highest BCUT2D eigenvalue weighted by molar-refractivity contribution is 6.03. The van der Waals surface area contributed by atoms with E-state index in [1.807, 2.05) is 0 Å². The van der Waals surface area contributed by atoms with Crippen molar-refractivity contribution in [1.29, 1.82) is 0 Å². The first-order valence-corrected chi connectivity index (χ1v) is 7.20. The molecule has 0 aliphatic heterocycles. The zero-order chi connectivity index (χ0) is 16.5. The van der Waals surface area contributed by atoms with E-state index < -0.39 is 0 Å². The zero-order valence-corrected chi connectivity index (χ0v) is 12.3. The molecule has 118 valence electrons. The van der Waals surface area contributed by atoms with Gasteiger partial charge in [-0.2, -0.15) is 0 Å². The molecule has 0 atom stereocenters. The number of hydrogen-bond acceptors (Lipinski definition) is 4. The van der Waals surface area contributed by atoms with Gasteiger partial charge in [-0.05, 0) is 54.6 Å². The summed E-state index contributed by atoms with van der Waals surface area (Å²) in [6.07, 6.45) is 1.44. The summed E-state index contributed by atoms with van der Waals surface area (Å²) in [6, 6.07) is 14.2. The van der Waals surface area contributed by atoms with Crippen LogP contribution in [0.4, 0.5) is 10.1 Å². The number of carbonyl (C=O) groups excluding carboxylic acids is 1. The number of benzene rings is 2. The third-order valence-electron chi connectivity index (χ3n) is 3.48. The minimum atomic E-state index is -0.346. The normalized spacial score (nSPS) is 10.9. The number of halogens is 1. The van der Waals surface area contributed by atoms with Gasteiger partial charge < -0.3 is 14.2 Å². The van der Waals surface area contributed by atoms with Gasteiger partial charge in [-0.15, -0.1) is 0 Å². The smallest absolute Gasteiger partial charge is 0.291 e. The maximum Gasteiger partial charge on any atom is 0.291 e. The number of carbonyl (C=O) groups is 1. The van der Waals surface area contributed by atoms with E-state index in [1.54, 1.807) is 42.5 Å². The van der Waals surface area contributed by atoms with Crippen molar-refractivity contribution >= 4 is 22.7 Å². The molecule has 4 aromatic rings. The van der Waals surface area contributed by atoms with Gasteiger partial charge in [-0.3, -0.25) is 4.79 Å². The fraction of sp³-hybridized carbons (Fsp3) is 0. The zero-order valence-electron chi connectivity index (χ0n) is 12.3. The summed E-state index contributed by atoms with van der Waals surface area (Å²) in [5.41, 5.74) is 2.41. The Morgan fingerprint density at radius 3 is 2.67 bits per heavy atom. The van der Waals surface area contributed by atoms with E-state index in [4.69, 9.17) is 8.83 Å². The number of rotatable bonds is 3. The van der Waals surface area contributed by atoms with Gasteiger partial charge in [0.15, 0.2) is 11.3 Å². The minimum Gasteiger partial charge on any atom is -0.459 e. The van der Waals surface area contributed by atoms with Gasteiger partial charge in [0.1, 0.15) is 11.3 Å². The van der Waals surface area contributed by atoms with Gasteiger partial charge in [0.2, 0.25) is 5.89 Å². The minimum absolute atomic E-state index is 0.224. The van der Waals surface area contributed by atoms with Crippen LogP contribution in [0.2, 0.25) is 0 Å². The molecule has 1 N–H and O–H groups in total. The fourth-order valence-electron chi connectivity index (χ4n) is 2.32. The summed E-state index contributed by atoms with van der Waals surface area (Å²) < 4.78 is 23.7. The maximum atomic E-state index is 13.0. The molecular weight excluding hydrogens is 311 g/mol. The van der Waals surface area contributed by atoms with Crippen molar-refractivity contribution in [2.24, 2.45) is 0 Å². The predicted octanol–water partition coefficient (Wildman–Crippen LogP) is 4.48. The lowest BCUT2D eigenvalue weighted by atomic mass is 10.2. The quantitative estimate of drug-likeness (QED) is 0.604. The number of oxazole rings is 1. The molecule has 0 radical (unpaired) electrons. The van der Waals surface area contributed by atoms with Gasteiger partial charge in [0, 0.05) is 11.3 Å². The van der Waals surface area contributed by atoms with Crippen LogP contribution in [-0.2, 0) is 0 Å². The van der Waals surface area contributed by atoms with Crippen molar-refractivity contribution in [1.82, 2.24) is 4.98 Å². The van der Waals surface area contributed by atoms with Crippen molar-refractivity contribution in [3.05, 3.63) is 72.4 Å². The van der Waals surface area contributed by atoms with Crippen LogP contribution in [0.1, 0.15) is 10.6 Å². The molecular formula is C18H11FN2O3. The molecule has 5 nitrogen and oxygen atoms in total. The largest absolute Gasteiger partial charge is 0.459 e. The highest BCUT2D eigenvalue weighted by Crippen LogP contribution is 2.26. The van der Waals surface area contributed by atoms with Gasteiger partial charge >= 0.3 is 0 Å². The monoisotopic (exact) mass is 322 g/mol. The van der Waals surface area contributed by atoms with Crippen LogP contribution in [0.25, 0.3) is 22.6 Å². The lowest BCUT2D eigenvalue weighted by Crippen LogP contribution is -2.10. The summed E-state index contributed by atoms with van der Waals surface area (Å²) in [5, 5.41) is 2.73. The molecule has 6 heteroatoms. The third kappa shape index (κ3) is 2.65. The van der Waals surface area contributed by atoms with Gasteiger partial charge in [-0.1, -0.05) is 0 Å². The summed E-state index contributed by atoms with van der Waals surface area (Å²) in [5.74, 6) is -0.0545. The maximum absolute atomic E-state index is 13.0. The van der Waals surface area contributed by atoms with Crippen LogP contribution in [-0.4, -0.2) is 10.9 Å². The Balaban J connectivity index is 1.63. The van der Waals surface area contributed by atoms with E-state index in [2.05, 4.69) is 10.3 Å². The van der Waals surface area contributed by atoms with Crippen molar-refractivity contribution in [2.45, 2.75) is 0 Å². The molecule has 2 heterocycles. The number of fused-ring (bicyclic) bond motifs is 1. The van der Waals surface area contributed by atoms with E-state index in [1.165, 1.54) is 18.4 Å². The van der Waals surface area contributed by atoms with Crippen LogP contribution in [0.15, 0.2) is 69.7 Å². The summed E-state index contributed by atoms with van der Waals surface area (Å²) in [6.45, 7) is 0. The van der Waals surface area contributed by atoms with E-state index >= 15 is 0 Å². The Morgan fingerprint density at radius 2 is 1.92 bits per heavy atom. The molecule has 0 aliphatic carbocycles. The number of furan rings is 1. The number of amides is 1. The molecule has 1 amide bonds. The second kappa shape index (κ2) is 5.66. The Hall–Kier alpha value is -3.41. The van der Waals surface area contributed by atoms with Gasteiger partial charge in [-0.25, -0.2) is 9.37 Å². The molecule has 0 bridgehead atoms. The first-order valence-electron chi connectivity index (χ1n) is 7.20. The predicted molar refractivity (Wildman–Crippen MR) is 86.1 cm³/mol.